The molecule has 0 aliphatic rings. The maximum Gasteiger partial charge on any atom is 0.160 e. The van der Waals surface area contributed by atoms with E-state index in [4.69, 9.17) is 9.47 Å². The van der Waals surface area contributed by atoms with Crippen molar-refractivity contribution in [3.05, 3.63) is 23.8 Å². The molecular formula is C15H26N2O3. The number of hydrogen-bond acceptors (Lipinski definition) is 5. The van der Waals surface area contributed by atoms with Gasteiger partial charge in [0.15, 0.2) is 11.5 Å². The lowest BCUT2D eigenvalue weighted by atomic mass is 10.1. The molecule has 1 atom stereocenters. The number of aromatic hydroxyl groups is 1. The summed E-state index contributed by atoms with van der Waals surface area (Å²) in [5, 5.41) is 13.0. The van der Waals surface area contributed by atoms with Crippen LogP contribution >= 0.6 is 0 Å². The summed E-state index contributed by atoms with van der Waals surface area (Å²) in [6.45, 7) is 5.63. The highest BCUT2D eigenvalue weighted by Crippen LogP contribution is 2.28. The molecule has 0 aromatic heterocycles. The average molecular weight is 282 g/mol. The number of nitrogens with one attached hydrogen (secondary N) is 1. The molecule has 0 saturated heterocycles. The van der Waals surface area contributed by atoms with Crippen molar-refractivity contribution >= 4 is 0 Å². The van der Waals surface area contributed by atoms with E-state index in [0.717, 1.165) is 31.8 Å². The lowest BCUT2D eigenvalue weighted by Gasteiger charge is -2.19. The van der Waals surface area contributed by atoms with Crippen LogP contribution in [0.2, 0.25) is 0 Å². The van der Waals surface area contributed by atoms with Gasteiger partial charge in [0.1, 0.15) is 0 Å². The Labute approximate surface area is 121 Å². The van der Waals surface area contributed by atoms with E-state index in [9.17, 15) is 5.11 Å². The molecule has 2 N–H and O–H groups in total. The molecule has 0 aliphatic heterocycles. The second kappa shape index (κ2) is 8.79. The van der Waals surface area contributed by atoms with Crippen LogP contribution in [0.3, 0.4) is 0 Å². The molecule has 5 nitrogen and oxygen atoms in total. The van der Waals surface area contributed by atoms with Gasteiger partial charge in [-0.2, -0.15) is 0 Å². The van der Waals surface area contributed by atoms with Crippen LogP contribution in [0.1, 0.15) is 18.5 Å². The van der Waals surface area contributed by atoms with Crippen molar-refractivity contribution in [2.24, 2.45) is 0 Å². The summed E-state index contributed by atoms with van der Waals surface area (Å²) in [6, 6.07) is 5.64. The van der Waals surface area contributed by atoms with E-state index in [-0.39, 0.29) is 11.8 Å². The monoisotopic (exact) mass is 282 g/mol. The highest BCUT2D eigenvalue weighted by atomic mass is 16.5. The van der Waals surface area contributed by atoms with Crippen LogP contribution in [0.25, 0.3) is 0 Å². The summed E-state index contributed by atoms with van der Waals surface area (Å²) < 4.78 is 10.2. The van der Waals surface area contributed by atoms with E-state index >= 15 is 0 Å². The summed E-state index contributed by atoms with van der Waals surface area (Å²) in [5.41, 5.74) is 1.10. The Balaban J connectivity index is 2.41. The minimum atomic E-state index is 0.169. The first kappa shape index (κ1) is 16.8. The van der Waals surface area contributed by atoms with Crippen LogP contribution in [0, 0.1) is 0 Å². The molecule has 1 rings (SSSR count). The van der Waals surface area contributed by atoms with Crippen molar-refractivity contribution in [2.75, 3.05) is 47.5 Å². The van der Waals surface area contributed by atoms with Crippen molar-refractivity contribution in [1.82, 2.24) is 10.2 Å². The van der Waals surface area contributed by atoms with Crippen LogP contribution in [-0.4, -0.2) is 57.5 Å². The van der Waals surface area contributed by atoms with E-state index in [0.29, 0.717) is 5.75 Å². The first-order valence-electron chi connectivity index (χ1n) is 6.86. The fraction of sp³-hybridized carbons (Fsp3) is 0.600. The van der Waals surface area contributed by atoms with Gasteiger partial charge < -0.3 is 24.8 Å². The molecular weight excluding hydrogens is 256 g/mol. The number of phenols is 1. The van der Waals surface area contributed by atoms with Crippen LogP contribution < -0.4 is 10.1 Å². The molecule has 5 heteroatoms. The summed E-state index contributed by atoms with van der Waals surface area (Å²) >= 11 is 0. The minimum Gasteiger partial charge on any atom is -0.504 e. The van der Waals surface area contributed by atoms with Gasteiger partial charge >= 0.3 is 0 Å². The molecule has 0 saturated carbocycles. The van der Waals surface area contributed by atoms with Crippen LogP contribution in [-0.2, 0) is 4.74 Å². The second-order valence-electron chi connectivity index (χ2n) is 4.90. The van der Waals surface area contributed by atoms with Gasteiger partial charge in [0, 0.05) is 32.8 Å². The number of hydrogen-bond donors (Lipinski definition) is 2. The Morgan fingerprint density at radius 2 is 2.05 bits per heavy atom. The van der Waals surface area contributed by atoms with Crippen LogP contribution in [0.15, 0.2) is 18.2 Å². The van der Waals surface area contributed by atoms with Gasteiger partial charge in [0.2, 0.25) is 0 Å². The summed E-state index contributed by atoms with van der Waals surface area (Å²) in [6.07, 6.45) is 0. The minimum absolute atomic E-state index is 0.169. The molecule has 1 aromatic rings. The number of phenolic OH excluding ortho intramolecular Hbond substituents is 1. The first-order valence-corrected chi connectivity index (χ1v) is 6.86. The van der Waals surface area contributed by atoms with Gasteiger partial charge in [-0.25, -0.2) is 0 Å². The normalized spacial score (nSPS) is 12.7. The van der Waals surface area contributed by atoms with Crippen molar-refractivity contribution in [1.29, 1.82) is 0 Å². The van der Waals surface area contributed by atoms with E-state index in [1.807, 2.05) is 12.1 Å². The molecule has 0 spiro atoms. The second-order valence-corrected chi connectivity index (χ2v) is 4.90. The van der Waals surface area contributed by atoms with E-state index in [2.05, 4.69) is 24.2 Å². The summed E-state index contributed by atoms with van der Waals surface area (Å²) in [5.74, 6) is 0.677. The third kappa shape index (κ3) is 5.36. The number of ether oxygens (including phenoxy) is 2. The molecule has 0 fully saturated rings. The Kier molecular flexibility index (Phi) is 7.36. The van der Waals surface area contributed by atoms with Crippen LogP contribution in [0.5, 0.6) is 11.5 Å². The highest BCUT2D eigenvalue weighted by molar-refractivity contribution is 5.42. The average Bonchev–Trinajstić information content (AvgIpc) is 2.45. The Morgan fingerprint density at radius 3 is 2.70 bits per heavy atom. The SMILES string of the molecule is COCCN(C)CCNC(C)c1ccc(O)c(OC)c1. The lowest BCUT2D eigenvalue weighted by molar-refractivity contribution is 0.161. The molecule has 1 aromatic carbocycles. The molecule has 0 bridgehead atoms. The first-order chi connectivity index (χ1) is 9.58. The molecule has 0 aliphatic carbocycles. The van der Waals surface area contributed by atoms with Gasteiger partial charge in [-0.3, -0.25) is 0 Å². The predicted molar refractivity (Wildman–Crippen MR) is 80.4 cm³/mol. The van der Waals surface area contributed by atoms with Gasteiger partial charge in [0.05, 0.1) is 13.7 Å². The quantitative estimate of drug-likeness (QED) is 0.721. The molecule has 0 amide bonds. The van der Waals surface area contributed by atoms with Crippen molar-refractivity contribution < 1.29 is 14.6 Å². The van der Waals surface area contributed by atoms with Gasteiger partial charge in [0.25, 0.3) is 0 Å². The van der Waals surface area contributed by atoms with Crippen LogP contribution in [0.4, 0.5) is 0 Å². The highest BCUT2D eigenvalue weighted by Gasteiger charge is 2.09. The van der Waals surface area contributed by atoms with E-state index in [1.54, 1.807) is 20.3 Å². The standard InChI is InChI=1S/C15H26N2O3/c1-12(16-7-8-17(2)9-10-19-3)13-5-6-14(18)15(11-13)20-4/h5-6,11-12,16,18H,7-10H2,1-4H3. The maximum absolute atomic E-state index is 9.58. The third-order valence-electron chi connectivity index (χ3n) is 3.32. The summed E-state index contributed by atoms with van der Waals surface area (Å²) in [4.78, 5) is 2.22. The number of likely N-dealkylation sites (N-methyl/N-ethyl adjacent to an activating group) is 1. The zero-order chi connectivity index (χ0) is 15.0. The summed E-state index contributed by atoms with van der Waals surface area (Å²) in [7, 11) is 5.35. The van der Waals surface area contributed by atoms with Gasteiger partial charge in [-0.15, -0.1) is 0 Å². The fourth-order valence-corrected chi connectivity index (χ4v) is 1.91. The predicted octanol–water partition coefficient (Wildman–Crippen LogP) is 1.63. The largest absolute Gasteiger partial charge is 0.504 e. The zero-order valence-electron chi connectivity index (χ0n) is 12.8. The number of methoxy groups -OCH3 is 2. The number of rotatable bonds is 9. The van der Waals surface area contributed by atoms with E-state index in [1.165, 1.54) is 0 Å². The smallest absolute Gasteiger partial charge is 0.160 e. The number of benzene rings is 1. The fourth-order valence-electron chi connectivity index (χ4n) is 1.91. The molecule has 0 heterocycles. The van der Waals surface area contributed by atoms with Gasteiger partial charge in [-0.05, 0) is 31.7 Å². The number of nitrogens with zero attached hydrogens (tertiary/aromatic N) is 1. The van der Waals surface area contributed by atoms with E-state index < -0.39 is 0 Å². The van der Waals surface area contributed by atoms with Crippen molar-refractivity contribution in [2.45, 2.75) is 13.0 Å². The Morgan fingerprint density at radius 1 is 1.30 bits per heavy atom. The Bertz CT molecular complexity index is 399. The molecule has 114 valence electrons. The lowest BCUT2D eigenvalue weighted by Crippen LogP contribution is -2.32. The third-order valence-corrected chi connectivity index (χ3v) is 3.32. The maximum atomic E-state index is 9.58. The topological polar surface area (TPSA) is 54.0 Å². The van der Waals surface area contributed by atoms with Crippen molar-refractivity contribution in [3.63, 3.8) is 0 Å². The Hall–Kier alpha value is -1.30. The van der Waals surface area contributed by atoms with Crippen molar-refractivity contribution in [3.8, 4) is 11.5 Å². The molecule has 20 heavy (non-hydrogen) atoms. The van der Waals surface area contributed by atoms with Gasteiger partial charge in [-0.1, -0.05) is 6.07 Å². The molecule has 0 radical (unpaired) electrons. The zero-order valence-corrected chi connectivity index (χ0v) is 12.8. The molecule has 1 unspecified atom stereocenters.